The number of halogens is 1. The first-order valence-corrected chi connectivity index (χ1v) is 6.10. The second-order valence-electron chi connectivity index (χ2n) is 3.86. The van der Waals surface area contributed by atoms with E-state index >= 15 is 0 Å². The van der Waals surface area contributed by atoms with Crippen LogP contribution in [0.25, 0.3) is 0 Å². The lowest BCUT2D eigenvalue weighted by molar-refractivity contribution is 0.322. The Morgan fingerprint density at radius 3 is 2.43 bits per heavy atom. The van der Waals surface area contributed by atoms with Gasteiger partial charge in [-0.05, 0) is 12.1 Å². The van der Waals surface area contributed by atoms with Gasteiger partial charge in [-0.3, -0.25) is 0 Å². The molecular weight excluding hydrogens is 338 g/mol. The highest BCUT2D eigenvalue weighted by Crippen LogP contribution is 2.39. The van der Waals surface area contributed by atoms with Crippen LogP contribution in [0.4, 0.5) is 0 Å². The Balaban J connectivity index is 0.00000400. The fourth-order valence-corrected chi connectivity index (χ4v) is 1.69. The van der Waals surface area contributed by atoms with Gasteiger partial charge >= 0.3 is 0 Å². The summed E-state index contributed by atoms with van der Waals surface area (Å²) in [6.45, 7) is 4.54. The van der Waals surface area contributed by atoms with Crippen molar-refractivity contribution >= 4 is 22.9 Å². The number of guanidine groups is 1. The first kappa shape index (κ1) is 19.1. The monoisotopic (exact) mass is 359 g/mol. The van der Waals surface area contributed by atoms with Gasteiger partial charge in [-0.25, -0.2) is 4.99 Å². The maximum Gasteiger partial charge on any atom is 0.203 e. The number of nitrogens with two attached hydrogens (primary N) is 1. The Kier molecular flexibility index (Phi) is 9.03. The van der Waals surface area contributed by atoms with E-state index in [2.05, 4.69) is 16.9 Å². The van der Waals surface area contributed by atoms with Gasteiger partial charge < -0.3 is 25.3 Å². The number of nitrogens with zero attached hydrogens (tertiary/aromatic N) is 1. The molecular formula is C14H22BrN3O3. The van der Waals surface area contributed by atoms with E-state index in [0.717, 1.165) is 5.56 Å². The Morgan fingerprint density at radius 1 is 1.24 bits per heavy atom. The van der Waals surface area contributed by atoms with E-state index in [1.165, 1.54) is 0 Å². The molecule has 0 bridgehead atoms. The van der Waals surface area contributed by atoms with E-state index < -0.39 is 0 Å². The molecule has 0 amide bonds. The van der Waals surface area contributed by atoms with Crippen LogP contribution in [-0.2, 0) is 6.54 Å². The van der Waals surface area contributed by atoms with Crippen molar-refractivity contribution < 1.29 is 14.2 Å². The lowest BCUT2D eigenvalue weighted by Crippen LogP contribution is -2.31. The smallest absolute Gasteiger partial charge is 0.203 e. The van der Waals surface area contributed by atoms with Crippen LogP contribution < -0.4 is 25.3 Å². The number of ether oxygens (including phenoxy) is 3. The molecule has 7 heteroatoms. The lowest BCUT2D eigenvalue weighted by atomic mass is 10.1. The zero-order valence-electron chi connectivity index (χ0n) is 12.5. The number of nitrogens with one attached hydrogen (secondary N) is 1. The van der Waals surface area contributed by atoms with Crippen molar-refractivity contribution in [3.63, 3.8) is 0 Å². The molecule has 0 aliphatic rings. The van der Waals surface area contributed by atoms with Crippen molar-refractivity contribution in [2.75, 3.05) is 27.9 Å². The Morgan fingerprint density at radius 2 is 1.90 bits per heavy atom. The van der Waals surface area contributed by atoms with Crippen LogP contribution >= 0.6 is 17.0 Å². The largest absolute Gasteiger partial charge is 0.493 e. The minimum absolute atomic E-state index is 0. The molecule has 0 fully saturated rings. The molecule has 0 saturated heterocycles. The molecule has 0 aromatic heterocycles. The molecule has 0 atom stereocenters. The van der Waals surface area contributed by atoms with Gasteiger partial charge in [0.1, 0.15) is 0 Å². The molecule has 118 valence electrons. The Bertz CT molecular complexity index is 493. The standard InChI is InChI=1S/C14H21N3O3.BrH/c1-5-8-16-14(15)17-9-10-6-7-11(18-2)13(20-4)12(10)19-3;/h5-7H,1,8-9H2,2-4H3,(H3,15,16,17);1H. The molecule has 0 radical (unpaired) electrons. The fourth-order valence-electron chi connectivity index (χ4n) is 1.69. The van der Waals surface area contributed by atoms with Gasteiger partial charge in [0, 0.05) is 12.1 Å². The van der Waals surface area contributed by atoms with Gasteiger partial charge in [-0.2, -0.15) is 0 Å². The second-order valence-corrected chi connectivity index (χ2v) is 3.86. The maximum absolute atomic E-state index is 5.72. The van der Waals surface area contributed by atoms with Crippen LogP contribution in [0.2, 0.25) is 0 Å². The van der Waals surface area contributed by atoms with E-state index in [9.17, 15) is 0 Å². The first-order chi connectivity index (χ1) is 9.67. The summed E-state index contributed by atoms with van der Waals surface area (Å²) in [5, 5.41) is 2.90. The molecule has 1 aromatic rings. The number of hydrogen-bond acceptors (Lipinski definition) is 4. The first-order valence-electron chi connectivity index (χ1n) is 6.10. The van der Waals surface area contributed by atoms with Crippen molar-refractivity contribution in [3.8, 4) is 17.2 Å². The van der Waals surface area contributed by atoms with E-state index in [0.29, 0.717) is 36.3 Å². The minimum atomic E-state index is 0. The summed E-state index contributed by atoms with van der Waals surface area (Å²) in [5.41, 5.74) is 6.58. The average Bonchev–Trinajstić information content (AvgIpc) is 2.49. The third kappa shape index (κ3) is 5.18. The highest BCUT2D eigenvalue weighted by Gasteiger charge is 2.15. The number of aliphatic imine (C=N–C) groups is 1. The summed E-state index contributed by atoms with van der Waals surface area (Å²) in [6.07, 6.45) is 1.71. The van der Waals surface area contributed by atoms with Crippen molar-refractivity contribution in [3.05, 3.63) is 30.4 Å². The number of benzene rings is 1. The van der Waals surface area contributed by atoms with E-state index in [1.807, 2.05) is 6.07 Å². The average molecular weight is 360 g/mol. The molecule has 1 aromatic carbocycles. The van der Waals surface area contributed by atoms with E-state index in [-0.39, 0.29) is 17.0 Å². The van der Waals surface area contributed by atoms with E-state index in [1.54, 1.807) is 33.5 Å². The topological polar surface area (TPSA) is 78.1 Å². The van der Waals surface area contributed by atoms with Crippen LogP contribution in [0.5, 0.6) is 17.2 Å². The maximum atomic E-state index is 5.72. The highest BCUT2D eigenvalue weighted by atomic mass is 79.9. The van der Waals surface area contributed by atoms with Crippen LogP contribution in [0, 0.1) is 0 Å². The van der Waals surface area contributed by atoms with Gasteiger partial charge in [0.25, 0.3) is 0 Å². The predicted molar refractivity (Wildman–Crippen MR) is 89.9 cm³/mol. The van der Waals surface area contributed by atoms with Crippen LogP contribution in [0.1, 0.15) is 5.56 Å². The summed E-state index contributed by atoms with van der Waals surface area (Å²) < 4.78 is 15.9. The van der Waals surface area contributed by atoms with Gasteiger partial charge in [0.05, 0.1) is 27.9 Å². The third-order valence-corrected chi connectivity index (χ3v) is 2.63. The van der Waals surface area contributed by atoms with Crippen molar-refractivity contribution in [2.24, 2.45) is 10.7 Å². The summed E-state index contributed by atoms with van der Waals surface area (Å²) in [7, 11) is 4.71. The summed E-state index contributed by atoms with van der Waals surface area (Å²) in [4.78, 5) is 4.23. The molecule has 0 aliphatic heterocycles. The molecule has 0 unspecified atom stereocenters. The molecule has 3 N–H and O–H groups in total. The van der Waals surface area contributed by atoms with Gasteiger partial charge in [0.2, 0.25) is 5.75 Å². The van der Waals surface area contributed by atoms with Crippen LogP contribution in [0.3, 0.4) is 0 Å². The number of methoxy groups -OCH3 is 3. The molecule has 0 aliphatic carbocycles. The van der Waals surface area contributed by atoms with Crippen LogP contribution in [-0.4, -0.2) is 33.8 Å². The SMILES string of the molecule is Br.C=CCNC(N)=NCc1ccc(OC)c(OC)c1OC. The second kappa shape index (κ2) is 9.93. The molecule has 6 nitrogen and oxygen atoms in total. The van der Waals surface area contributed by atoms with Crippen molar-refractivity contribution in [1.29, 1.82) is 0 Å². The summed E-state index contributed by atoms with van der Waals surface area (Å²) >= 11 is 0. The molecule has 21 heavy (non-hydrogen) atoms. The summed E-state index contributed by atoms with van der Waals surface area (Å²) in [6, 6.07) is 3.67. The van der Waals surface area contributed by atoms with Gasteiger partial charge in [-0.1, -0.05) is 6.08 Å². The zero-order chi connectivity index (χ0) is 15.0. The van der Waals surface area contributed by atoms with Gasteiger partial charge in [-0.15, -0.1) is 23.6 Å². The Hall–Kier alpha value is -1.89. The lowest BCUT2D eigenvalue weighted by Gasteiger charge is -2.14. The number of hydrogen-bond donors (Lipinski definition) is 2. The molecule has 1 rings (SSSR count). The van der Waals surface area contributed by atoms with Gasteiger partial charge in [0.15, 0.2) is 17.5 Å². The normalized spacial score (nSPS) is 10.3. The minimum Gasteiger partial charge on any atom is -0.493 e. The molecule has 0 heterocycles. The van der Waals surface area contributed by atoms with Crippen LogP contribution in [0.15, 0.2) is 29.8 Å². The zero-order valence-corrected chi connectivity index (χ0v) is 14.2. The van der Waals surface area contributed by atoms with E-state index in [4.69, 9.17) is 19.9 Å². The van der Waals surface area contributed by atoms with Crippen molar-refractivity contribution in [1.82, 2.24) is 5.32 Å². The molecule has 0 saturated carbocycles. The quantitative estimate of drug-likeness (QED) is 0.441. The summed E-state index contributed by atoms with van der Waals surface area (Å²) in [5.74, 6) is 2.09. The fraction of sp³-hybridized carbons (Fsp3) is 0.357. The predicted octanol–water partition coefficient (Wildman–Crippen LogP) is 1.88. The highest BCUT2D eigenvalue weighted by molar-refractivity contribution is 8.93. The van der Waals surface area contributed by atoms with Crippen molar-refractivity contribution in [2.45, 2.75) is 6.54 Å². The molecule has 0 spiro atoms. The third-order valence-electron chi connectivity index (χ3n) is 2.63. The number of rotatable bonds is 7. The Labute approximate surface area is 135 Å².